The molecule has 0 radical (unpaired) electrons. The van der Waals surface area contributed by atoms with Gasteiger partial charge >= 0.3 is 0 Å². The van der Waals surface area contributed by atoms with Gasteiger partial charge in [0.1, 0.15) is 5.78 Å². The van der Waals surface area contributed by atoms with Crippen LogP contribution in [0.3, 0.4) is 0 Å². The van der Waals surface area contributed by atoms with E-state index in [0.29, 0.717) is 6.42 Å². The number of ether oxygens (including phenoxy) is 1. The Hall–Kier alpha value is -1.20. The first kappa shape index (κ1) is 13.8. The van der Waals surface area contributed by atoms with Crippen molar-refractivity contribution in [2.45, 2.75) is 44.3 Å². The average Bonchev–Trinajstić information content (AvgIpc) is 2.63. The molecule has 1 amide bonds. The van der Waals surface area contributed by atoms with Crippen molar-refractivity contribution in [1.82, 2.24) is 0 Å². The number of halogens is 1. The third kappa shape index (κ3) is 2.00. The van der Waals surface area contributed by atoms with Crippen LogP contribution in [-0.4, -0.2) is 17.8 Å². The number of benzene rings is 1. The molecule has 20 heavy (non-hydrogen) atoms. The molecule has 4 nitrogen and oxygen atoms in total. The topological polar surface area (TPSA) is 55.4 Å². The molecule has 1 aromatic rings. The molecule has 2 aliphatic heterocycles. The summed E-state index contributed by atoms with van der Waals surface area (Å²) in [6.45, 7) is 2.05. The molecule has 0 unspecified atom stereocenters. The molecule has 1 N–H and O–H groups in total. The van der Waals surface area contributed by atoms with Gasteiger partial charge in [0.15, 0.2) is 5.60 Å². The first-order chi connectivity index (χ1) is 9.56. The quantitative estimate of drug-likeness (QED) is 0.901. The fourth-order valence-electron chi connectivity index (χ4n) is 3.11. The van der Waals surface area contributed by atoms with Gasteiger partial charge in [-0.2, -0.15) is 0 Å². The average molecular weight is 338 g/mol. The van der Waals surface area contributed by atoms with Crippen molar-refractivity contribution in [2.75, 3.05) is 5.32 Å². The maximum Gasteiger partial charge on any atom is 0.261 e. The van der Waals surface area contributed by atoms with Crippen LogP contribution in [0.4, 0.5) is 5.69 Å². The van der Waals surface area contributed by atoms with E-state index in [4.69, 9.17) is 4.74 Å². The van der Waals surface area contributed by atoms with E-state index in [9.17, 15) is 9.59 Å². The van der Waals surface area contributed by atoms with Gasteiger partial charge < -0.3 is 10.1 Å². The first-order valence-corrected chi connectivity index (χ1v) is 7.66. The number of anilines is 1. The molecule has 3 rings (SSSR count). The lowest BCUT2D eigenvalue weighted by molar-refractivity contribution is -0.170. The zero-order valence-corrected chi connectivity index (χ0v) is 12.8. The number of Topliss-reactive ketones (excluding diaryl/α,β-unsaturated/α-hetero) is 1. The number of rotatable bonds is 2. The Morgan fingerprint density at radius 1 is 1.45 bits per heavy atom. The third-order valence-corrected chi connectivity index (χ3v) is 4.57. The van der Waals surface area contributed by atoms with Gasteiger partial charge in [-0.15, -0.1) is 0 Å². The number of carbonyl (C=O) groups excluding carboxylic acids is 2. The van der Waals surface area contributed by atoms with E-state index < -0.39 is 5.60 Å². The van der Waals surface area contributed by atoms with E-state index in [1.807, 2.05) is 25.1 Å². The van der Waals surface area contributed by atoms with Crippen LogP contribution < -0.4 is 5.32 Å². The molecule has 1 fully saturated rings. The van der Waals surface area contributed by atoms with Gasteiger partial charge in [0.25, 0.3) is 5.91 Å². The van der Waals surface area contributed by atoms with Crippen LogP contribution in [0, 0.1) is 0 Å². The second-order valence-corrected chi connectivity index (χ2v) is 6.25. The predicted octanol–water partition coefficient (Wildman–Crippen LogP) is 3.14. The number of amides is 1. The van der Waals surface area contributed by atoms with Crippen molar-refractivity contribution in [1.29, 1.82) is 0 Å². The van der Waals surface area contributed by atoms with Crippen molar-refractivity contribution in [3.05, 3.63) is 28.2 Å². The maximum absolute atomic E-state index is 12.4. The van der Waals surface area contributed by atoms with E-state index >= 15 is 0 Å². The van der Waals surface area contributed by atoms with Gasteiger partial charge in [-0.3, -0.25) is 9.59 Å². The van der Waals surface area contributed by atoms with Crippen molar-refractivity contribution in [2.24, 2.45) is 0 Å². The molecule has 1 aromatic carbocycles. The fraction of sp³-hybridized carbons (Fsp3) is 0.467. The van der Waals surface area contributed by atoms with Gasteiger partial charge in [0.05, 0.1) is 6.10 Å². The van der Waals surface area contributed by atoms with E-state index in [0.717, 1.165) is 28.6 Å². The standard InChI is InChI=1S/C15H16BrNO3/c1-2-4-10-7-9(18)8-15(20-10)13-11(16)5-3-6-12(13)17-14(15)19/h3,5-6,10H,2,4,7-8H2,1H3,(H,17,19)/t10-,15-/m1/s1. The van der Waals surface area contributed by atoms with Crippen molar-refractivity contribution < 1.29 is 14.3 Å². The highest BCUT2D eigenvalue weighted by Crippen LogP contribution is 2.48. The Morgan fingerprint density at radius 3 is 3.00 bits per heavy atom. The Kier molecular flexibility index (Phi) is 3.42. The lowest BCUT2D eigenvalue weighted by Gasteiger charge is -2.36. The van der Waals surface area contributed by atoms with Gasteiger partial charge in [-0.05, 0) is 18.6 Å². The Morgan fingerprint density at radius 2 is 2.25 bits per heavy atom. The number of hydrogen-bond acceptors (Lipinski definition) is 3. The van der Waals surface area contributed by atoms with Crippen molar-refractivity contribution >= 4 is 33.3 Å². The molecular weight excluding hydrogens is 322 g/mol. The molecule has 106 valence electrons. The zero-order chi connectivity index (χ0) is 14.3. The molecule has 2 aliphatic rings. The SMILES string of the molecule is CCC[C@@H]1CC(=O)C[C@]2(O1)C(=O)Nc1cccc(Br)c12. The van der Waals surface area contributed by atoms with Crippen LogP contribution in [0.15, 0.2) is 22.7 Å². The van der Waals surface area contributed by atoms with Crippen LogP contribution >= 0.6 is 15.9 Å². The molecule has 0 bridgehead atoms. The van der Waals surface area contributed by atoms with Crippen LogP contribution in [-0.2, 0) is 19.9 Å². The summed E-state index contributed by atoms with van der Waals surface area (Å²) in [5.41, 5.74) is 0.346. The van der Waals surface area contributed by atoms with Gasteiger partial charge in [0, 0.05) is 28.6 Å². The summed E-state index contributed by atoms with van der Waals surface area (Å²) < 4.78 is 6.91. The molecule has 2 heterocycles. The molecule has 2 atom stereocenters. The van der Waals surface area contributed by atoms with Crippen LogP contribution in [0.1, 0.15) is 38.2 Å². The number of nitrogens with one attached hydrogen (secondary N) is 1. The maximum atomic E-state index is 12.4. The summed E-state index contributed by atoms with van der Waals surface area (Å²) in [5, 5.41) is 2.84. The Labute approximate surface area is 126 Å². The predicted molar refractivity (Wildman–Crippen MR) is 78.5 cm³/mol. The van der Waals surface area contributed by atoms with Crippen LogP contribution in [0.5, 0.6) is 0 Å². The lowest BCUT2D eigenvalue weighted by atomic mass is 9.84. The zero-order valence-electron chi connectivity index (χ0n) is 11.2. The summed E-state index contributed by atoms with van der Waals surface area (Å²) in [4.78, 5) is 24.5. The number of fused-ring (bicyclic) bond motifs is 2. The van der Waals surface area contributed by atoms with Crippen LogP contribution in [0.2, 0.25) is 0 Å². The summed E-state index contributed by atoms with van der Waals surface area (Å²) in [6, 6.07) is 5.57. The Balaban J connectivity index is 2.07. The molecule has 0 aromatic heterocycles. The molecular formula is C15H16BrNO3. The number of hydrogen-bond donors (Lipinski definition) is 1. The minimum atomic E-state index is -1.15. The third-order valence-electron chi connectivity index (χ3n) is 3.91. The minimum absolute atomic E-state index is 0.0912. The second-order valence-electron chi connectivity index (χ2n) is 5.39. The monoisotopic (exact) mass is 337 g/mol. The highest BCUT2D eigenvalue weighted by atomic mass is 79.9. The molecule has 1 spiro atoms. The minimum Gasteiger partial charge on any atom is -0.356 e. The normalized spacial score (nSPS) is 28.6. The molecule has 1 saturated heterocycles. The Bertz CT molecular complexity index is 586. The van der Waals surface area contributed by atoms with Gasteiger partial charge in [-0.25, -0.2) is 0 Å². The van der Waals surface area contributed by atoms with E-state index in [-0.39, 0.29) is 24.2 Å². The summed E-state index contributed by atoms with van der Waals surface area (Å²) in [7, 11) is 0. The number of carbonyl (C=O) groups is 2. The smallest absolute Gasteiger partial charge is 0.261 e. The summed E-state index contributed by atoms with van der Waals surface area (Å²) in [5.74, 6) is -0.137. The van der Waals surface area contributed by atoms with Gasteiger partial charge in [0.2, 0.25) is 0 Å². The first-order valence-electron chi connectivity index (χ1n) is 6.87. The highest BCUT2D eigenvalue weighted by molar-refractivity contribution is 9.10. The van der Waals surface area contributed by atoms with E-state index in [2.05, 4.69) is 21.2 Å². The lowest BCUT2D eigenvalue weighted by Crippen LogP contribution is -2.47. The molecule has 5 heteroatoms. The summed E-state index contributed by atoms with van der Waals surface area (Å²) in [6.07, 6.45) is 2.07. The van der Waals surface area contributed by atoms with Crippen molar-refractivity contribution in [3.8, 4) is 0 Å². The fourth-order valence-corrected chi connectivity index (χ4v) is 3.80. The summed E-state index contributed by atoms with van der Waals surface area (Å²) >= 11 is 3.48. The molecule has 0 aliphatic carbocycles. The van der Waals surface area contributed by atoms with Gasteiger partial charge in [-0.1, -0.05) is 35.3 Å². The van der Waals surface area contributed by atoms with Crippen molar-refractivity contribution in [3.63, 3.8) is 0 Å². The second kappa shape index (κ2) is 4.97. The molecule has 0 saturated carbocycles. The highest BCUT2D eigenvalue weighted by Gasteiger charge is 2.54. The van der Waals surface area contributed by atoms with E-state index in [1.165, 1.54) is 0 Å². The number of ketones is 1. The largest absolute Gasteiger partial charge is 0.356 e. The van der Waals surface area contributed by atoms with Crippen LogP contribution in [0.25, 0.3) is 0 Å². The van der Waals surface area contributed by atoms with E-state index in [1.54, 1.807) is 0 Å².